The Bertz CT molecular complexity index is 317. The molecule has 1 saturated heterocycles. The molecule has 0 saturated carbocycles. The fraction of sp³-hybridized carbons (Fsp3) is 0.600. The molecule has 1 aromatic heterocycles. The number of carbonyl (C=O) groups excluding carboxylic acids is 1. The summed E-state index contributed by atoms with van der Waals surface area (Å²) in [6.45, 7) is 2.58. The summed E-state index contributed by atoms with van der Waals surface area (Å²) in [5, 5.41) is 2.87. The lowest BCUT2D eigenvalue weighted by atomic mass is 10.2. The van der Waals surface area contributed by atoms with Gasteiger partial charge in [-0.15, -0.1) is 0 Å². The van der Waals surface area contributed by atoms with E-state index >= 15 is 0 Å². The van der Waals surface area contributed by atoms with E-state index in [4.69, 9.17) is 4.74 Å². The molecular weight excluding hydrogens is 194 g/mol. The minimum absolute atomic E-state index is 0.0450. The van der Waals surface area contributed by atoms with Crippen LogP contribution >= 0.6 is 0 Å². The molecule has 1 aliphatic rings. The molecule has 1 aromatic rings. The molecule has 2 heterocycles. The molecule has 1 fully saturated rings. The van der Waals surface area contributed by atoms with E-state index < -0.39 is 0 Å². The van der Waals surface area contributed by atoms with Gasteiger partial charge in [-0.1, -0.05) is 0 Å². The van der Waals surface area contributed by atoms with Crippen LogP contribution < -0.4 is 5.32 Å². The second-order valence-electron chi connectivity index (χ2n) is 3.71. The van der Waals surface area contributed by atoms with Crippen molar-refractivity contribution >= 4 is 5.91 Å². The summed E-state index contributed by atoms with van der Waals surface area (Å²) in [5.74, 6) is 0.720. The molecular formula is C10H15N3O2. The fourth-order valence-corrected chi connectivity index (χ4v) is 1.67. The van der Waals surface area contributed by atoms with Crippen LogP contribution in [0.25, 0.3) is 0 Å². The van der Waals surface area contributed by atoms with E-state index in [2.05, 4.69) is 15.3 Å². The van der Waals surface area contributed by atoms with Gasteiger partial charge in [0.25, 0.3) is 0 Å². The number of imidazole rings is 1. The third-order valence-corrected chi connectivity index (χ3v) is 2.51. The first-order valence-corrected chi connectivity index (χ1v) is 5.18. The second kappa shape index (κ2) is 4.44. The van der Waals surface area contributed by atoms with Crippen LogP contribution in [0.4, 0.5) is 0 Å². The van der Waals surface area contributed by atoms with E-state index in [0.717, 1.165) is 18.7 Å². The molecule has 5 nitrogen and oxygen atoms in total. The SMILES string of the molecule is CC(NC(=O)C1CCCO1)c1ncc[nH]1. The van der Waals surface area contributed by atoms with Gasteiger partial charge in [0.1, 0.15) is 11.9 Å². The molecule has 2 unspecified atom stereocenters. The minimum Gasteiger partial charge on any atom is -0.368 e. The Morgan fingerprint density at radius 3 is 3.27 bits per heavy atom. The quantitative estimate of drug-likeness (QED) is 0.772. The lowest BCUT2D eigenvalue weighted by molar-refractivity contribution is -0.130. The third-order valence-electron chi connectivity index (χ3n) is 2.51. The summed E-state index contributed by atoms with van der Waals surface area (Å²) in [6.07, 6.45) is 4.92. The van der Waals surface area contributed by atoms with Crippen LogP contribution in [0.3, 0.4) is 0 Å². The van der Waals surface area contributed by atoms with E-state index in [-0.39, 0.29) is 18.1 Å². The summed E-state index contributed by atoms with van der Waals surface area (Å²) < 4.78 is 5.29. The molecule has 0 aliphatic carbocycles. The molecule has 5 heteroatoms. The Balaban J connectivity index is 1.88. The number of aromatic amines is 1. The molecule has 82 valence electrons. The lowest BCUT2D eigenvalue weighted by Crippen LogP contribution is -2.36. The smallest absolute Gasteiger partial charge is 0.249 e. The van der Waals surface area contributed by atoms with E-state index in [0.29, 0.717) is 6.61 Å². The molecule has 15 heavy (non-hydrogen) atoms. The largest absolute Gasteiger partial charge is 0.368 e. The zero-order chi connectivity index (χ0) is 10.7. The summed E-state index contributed by atoms with van der Waals surface area (Å²) >= 11 is 0. The van der Waals surface area contributed by atoms with Crippen LogP contribution in [-0.4, -0.2) is 28.6 Å². The normalized spacial score (nSPS) is 22.6. The van der Waals surface area contributed by atoms with Crippen molar-refractivity contribution in [3.63, 3.8) is 0 Å². The number of hydrogen-bond donors (Lipinski definition) is 2. The molecule has 0 bridgehead atoms. The lowest BCUT2D eigenvalue weighted by Gasteiger charge is -2.14. The zero-order valence-electron chi connectivity index (χ0n) is 8.69. The van der Waals surface area contributed by atoms with Crippen molar-refractivity contribution in [1.82, 2.24) is 15.3 Å². The number of ether oxygens (including phenoxy) is 1. The van der Waals surface area contributed by atoms with Crippen molar-refractivity contribution < 1.29 is 9.53 Å². The third kappa shape index (κ3) is 2.36. The summed E-state index contributed by atoms with van der Waals surface area (Å²) in [6, 6.07) is -0.100. The maximum atomic E-state index is 11.7. The van der Waals surface area contributed by atoms with Gasteiger partial charge in [0.15, 0.2) is 0 Å². The van der Waals surface area contributed by atoms with Gasteiger partial charge >= 0.3 is 0 Å². The number of rotatable bonds is 3. The van der Waals surface area contributed by atoms with Crippen LogP contribution in [0.1, 0.15) is 31.6 Å². The highest BCUT2D eigenvalue weighted by atomic mass is 16.5. The van der Waals surface area contributed by atoms with Crippen molar-refractivity contribution in [3.05, 3.63) is 18.2 Å². The van der Waals surface area contributed by atoms with Gasteiger partial charge in [-0.05, 0) is 19.8 Å². The van der Waals surface area contributed by atoms with Gasteiger partial charge in [-0.25, -0.2) is 4.98 Å². The topological polar surface area (TPSA) is 67.0 Å². The van der Waals surface area contributed by atoms with Crippen LogP contribution in [0.5, 0.6) is 0 Å². The molecule has 0 aromatic carbocycles. The van der Waals surface area contributed by atoms with Gasteiger partial charge in [0.2, 0.25) is 5.91 Å². The van der Waals surface area contributed by atoms with E-state index in [1.807, 2.05) is 6.92 Å². The Labute approximate surface area is 88.2 Å². The average molecular weight is 209 g/mol. The molecule has 0 spiro atoms. The van der Waals surface area contributed by atoms with Gasteiger partial charge in [-0.3, -0.25) is 4.79 Å². The van der Waals surface area contributed by atoms with Crippen LogP contribution in [0.15, 0.2) is 12.4 Å². The first-order valence-electron chi connectivity index (χ1n) is 5.18. The summed E-state index contributed by atoms with van der Waals surface area (Å²) in [7, 11) is 0. The summed E-state index contributed by atoms with van der Waals surface area (Å²) in [4.78, 5) is 18.7. The molecule has 0 radical (unpaired) electrons. The van der Waals surface area contributed by atoms with Crippen molar-refractivity contribution in [1.29, 1.82) is 0 Å². The van der Waals surface area contributed by atoms with Crippen molar-refractivity contribution in [2.45, 2.75) is 31.9 Å². The standard InChI is InChI=1S/C10H15N3O2/c1-7(9-11-4-5-12-9)13-10(14)8-3-2-6-15-8/h4-5,7-8H,2-3,6H2,1H3,(H,11,12)(H,13,14). The average Bonchev–Trinajstić information content (AvgIpc) is 2.91. The maximum absolute atomic E-state index is 11.7. The first-order chi connectivity index (χ1) is 7.27. The monoisotopic (exact) mass is 209 g/mol. The highest BCUT2D eigenvalue weighted by Gasteiger charge is 2.25. The Morgan fingerprint density at radius 1 is 1.80 bits per heavy atom. The fourth-order valence-electron chi connectivity index (χ4n) is 1.67. The first kappa shape index (κ1) is 10.2. The molecule has 1 amide bonds. The molecule has 2 rings (SSSR count). The predicted molar refractivity (Wildman–Crippen MR) is 54.1 cm³/mol. The molecule has 2 atom stereocenters. The van der Waals surface area contributed by atoms with Gasteiger partial charge < -0.3 is 15.0 Å². The van der Waals surface area contributed by atoms with Gasteiger partial charge in [-0.2, -0.15) is 0 Å². The van der Waals surface area contributed by atoms with Gasteiger partial charge in [0, 0.05) is 19.0 Å². The van der Waals surface area contributed by atoms with Gasteiger partial charge in [0.05, 0.1) is 6.04 Å². The molecule has 2 N–H and O–H groups in total. The second-order valence-corrected chi connectivity index (χ2v) is 3.71. The maximum Gasteiger partial charge on any atom is 0.249 e. The number of nitrogens with zero attached hydrogens (tertiary/aromatic N) is 1. The van der Waals surface area contributed by atoms with E-state index in [1.165, 1.54) is 0 Å². The minimum atomic E-state index is -0.276. The number of H-pyrrole nitrogens is 1. The van der Waals surface area contributed by atoms with Crippen LogP contribution in [0.2, 0.25) is 0 Å². The number of hydrogen-bond acceptors (Lipinski definition) is 3. The Hall–Kier alpha value is -1.36. The number of amides is 1. The van der Waals surface area contributed by atoms with Crippen LogP contribution in [0, 0.1) is 0 Å². The summed E-state index contributed by atoms with van der Waals surface area (Å²) in [5.41, 5.74) is 0. The number of carbonyl (C=O) groups is 1. The molecule has 1 aliphatic heterocycles. The predicted octanol–water partition coefficient (Wildman–Crippen LogP) is 0.766. The highest BCUT2D eigenvalue weighted by molar-refractivity contribution is 5.81. The Kier molecular flexibility index (Phi) is 3.01. The van der Waals surface area contributed by atoms with Crippen molar-refractivity contribution in [3.8, 4) is 0 Å². The zero-order valence-corrected chi connectivity index (χ0v) is 8.69. The number of nitrogens with one attached hydrogen (secondary N) is 2. The highest BCUT2D eigenvalue weighted by Crippen LogP contribution is 2.13. The number of aromatic nitrogens is 2. The van der Waals surface area contributed by atoms with Crippen molar-refractivity contribution in [2.75, 3.05) is 6.61 Å². The van der Waals surface area contributed by atoms with Crippen molar-refractivity contribution in [2.24, 2.45) is 0 Å². The Morgan fingerprint density at radius 2 is 2.67 bits per heavy atom. The van der Waals surface area contributed by atoms with Crippen LogP contribution in [-0.2, 0) is 9.53 Å². The van der Waals surface area contributed by atoms with E-state index in [1.54, 1.807) is 12.4 Å². The van der Waals surface area contributed by atoms with E-state index in [9.17, 15) is 4.79 Å².